The van der Waals surface area contributed by atoms with Crippen molar-refractivity contribution < 1.29 is 14.3 Å². The molecule has 0 aliphatic carbocycles. The first-order valence-corrected chi connectivity index (χ1v) is 8.18. The van der Waals surface area contributed by atoms with E-state index in [0.29, 0.717) is 26.1 Å². The predicted octanol–water partition coefficient (Wildman–Crippen LogP) is 1.27. The zero-order valence-corrected chi connectivity index (χ0v) is 13.2. The number of hydrogen-bond donors (Lipinski definition) is 2. The van der Waals surface area contributed by atoms with Crippen LogP contribution in [0.3, 0.4) is 0 Å². The highest BCUT2D eigenvalue weighted by Crippen LogP contribution is 2.15. The minimum absolute atomic E-state index is 0.0817. The number of hydrogen-bond acceptors (Lipinski definition) is 3. The zero-order valence-electron chi connectivity index (χ0n) is 13.2. The summed E-state index contributed by atoms with van der Waals surface area (Å²) in [6, 6.07) is 9.53. The highest BCUT2D eigenvalue weighted by molar-refractivity contribution is 5.81. The fourth-order valence-corrected chi connectivity index (χ4v) is 3.07. The highest BCUT2D eigenvalue weighted by Gasteiger charge is 2.30. The van der Waals surface area contributed by atoms with Crippen molar-refractivity contribution in [3.8, 4) is 0 Å². The van der Waals surface area contributed by atoms with Gasteiger partial charge in [-0.3, -0.25) is 4.79 Å². The molecule has 2 saturated heterocycles. The van der Waals surface area contributed by atoms with Crippen molar-refractivity contribution in [3.05, 3.63) is 35.9 Å². The number of carbonyl (C=O) groups is 2. The first kappa shape index (κ1) is 15.8. The van der Waals surface area contributed by atoms with Crippen LogP contribution >= 0.6 is 0 Å². The van der Waals surface area contributed by atoms with Crippen LogP contribution in [0.5, 0.6) is 0 Å². The lowest BCUT2D eigenvalue weighted by atomic mass is 10.2. The molecule has 124 valence electrons. The Bertz CT molecular complexity index is 543. The van der Waals surface area contributed by atoms with Gasteiger partial charge in [0.05, 0.1) is 12.1 Å². The lowest BCUT2D eigenvalue weighted by Gasteiger charge is -2.18. The number of ether oxygens (including phenoxy) is 1. The Labute approximate surface area is 136 Å². The lowest BCUT2D eigenvalue weighted by Crippen LogP contribution is -2.45. The average molecular weight is 317 g/mol. The van der Waals surface area contributed by atoms with E-state index >= 15 is 0 Å². The van der Waals surface area contributed by atoms with Crippen molar-refractivity contribution in [3.63, 3.8) is 0 Å². The maximum atomic E-state index is 12.1. The Morgan fingerprint density at radius 1 is 1.30 bits per heavy atom. The smallest absolute Gasteiger partial charge is 0.315 e. The number of benzene rings is 1. The summed E-state index contributed by atoms with van der Waals surface area (Å²) in [6.45, 7) is 2.45. The molecule has 6 nitrogen and oxygen atoms in total. The molecule has 2 heterocycles. The molecule has 0 aromatic heterocycles. The maximum Gasteiger partial charge on any atom is 0.315 e. The van der Waals surface area contributed by atoms with Crippen LogP contribution in [0.25, 0.3) is 0 Å². The number of nitrogens with one attached hydrogen (secondary N) is 2. The summed E-state index contributed by atoms with van der Waals surface area (Å²) in [5.41, 5.74) is 1.10. The van der Waals surface area contributed by atoms with Gasteiger partial charge < -0.3 is 20.3 Å². The van der Waals surface area contributed by atoms with Crippen LogP contribution in [0, 0.1) is 0 Å². The Morgan fingerprint density at radius 2 is 2.13 bits per heavy atom. The summed E-state index contributed by atoms with van der Waals surface area (Å²) >= 11 is 0. The van der Waals surface area contributed by atoms with E-state index < -0.39 is 0 Å². The second-order valence-electron chi connectivity index (χ2n) is 6.15. The van der Waals surface area contributed by atoms with E-state index in [1.165, 1.54) is 0 Å². The Morgan fingerprint density at radius 3 is 2.87 bits per heavy atom. The molecule has 2 atom stereocenters. The predicted molar refractivity (Wildman–Crippen MR) is 85.8 cm³/mol. The Kier molecular flexibility index (Phi) is 5.12. The van der Waals surface area contributed by atoms with E-state index in [1.807, 2.05) is 30.3 Å². The van der Waals surface area contributed by atoms with Crippen LogP contribution in [0.15, 0.2) is 30.3 Å². The molecule has 2 unspecified atom stereocenters. The number of amides is 3. The van der Waals surface area contributed by atoms with Crippen LogP contribution in [0.2, 0.25) is 0 Å². The van der Waals surface area contributed by atoms with Gasteiger partial charge in [-0.05, 0) is 18.4 Å². The van der Waals surface area contributed by atoms with Gasteiger partial charge >= 0.3 is 6.03 Å². The standard InChI is InChI=1S/C17H23N3O3/c21-16-9-14(12-20(16)11-13-5-2-1-3-6-13)19-17(22)18-10-15-7-4-8-23-15/h1-3,5-6,14-15H,4,7-12H2,(H2,18,19,22). The molecule has 0 radical (unpaired) electrons. The van der Waals surface area contributed by atoms with Crippen molar-refractivity contribution in [2.24, 2.45) is 0 Å². The third-order valence-corrected chi connectivity index (χ3v) is 4.28. The van der Waals surface area contributed by atoms with Gasteiger partial charge in [0, 0.05) is 32.7 Å². The molecule has 2 aliphatic heterocycles. The van der Waals surface area contributed by atoms with Gasteiger partial charge in [0.25, 0.3) is 0 Å². The molecule has 2 fully saturated rings. The molecule has 2 N–H and O–H groups in total. The van der Waals surface area contributed by atoms with Gasteiger partial charge in [0.1, 0.15) is 0 Å². The van der Waals surface area contributed by atoms with Crippen molar-refractivity contribution in [1.29, 1.82) is 0 Å². The number of rotatable bonds is 5. The van der Waals surface area contributed by atoms with Gasteiger partial charge in [-0.1, -0.05) is 30.3 Å². The zero-order chi connectivity index (χ0) is 16.1. The topological polar surface area (TPSA) is 70.7 Å². The molecule has 3 rings (SSSR count). The molecule has 3 amide bonds. The number of likely N-dealkylation sites (tertiary alicyclic amines) is 1. The van der Waals surface area contributed by atoms with Gasteiger partial charge in [-0.2, -0.15) is 0 Å². The van der Waals surface area contributed by atoms with Gasteiger partial charge in [0.15, 0.2) is 0 Å². The summed E-state index contributed by atoms with van der Waals surface area (Å²) < 4.78 is 5.47. The third-order valence-electron chi connectivity index (χ3n) is 4.28. The molecule has 0 saturated carbocycles. The van der Waals surface area contributed by atoms with Crippen molar-refractivity contribution in [2.45, 2.75) is 38.0 Å². The molecule has 1 aromatic rings. The van der Waals surface area contributed by atoms with Gasteiger partial charge in [-0.25, -0.2) is 4.79 Å². The number of carbonyl (C=O) groups excluding carboxylic acids is 2. The quantitative estimate of drug-likeness (QED) is 0.859. The first-order valence-electron chi connectivity index (χ1n) is 8.18. The summed E-state index contributed by atoms with van der Waals surface area (Å²) in [6.07, 6.45) is 2.53. The molecular weight excluding hydrogens is 294 g/mol. The van der Waals surface area contributed by atoms with E-state index in [0.717, 1.165) is 25.0 Å². The van der Waals surface area contributed by atoms with Crippen LogP contribution in [0.4, 0.5) is 4.79 Å². The van der Waals surface area contributed by atoms with Crippen molar-refractivity contribution in [2.75, 3.05) is 19.7 Å². The fraction of sp³-hybridized carbons (Fsp3) is 0.529. The minimum atomic E-state index is -0.222. The average Bonchev–Trinajstić information content (AvgIpc) is 3.17. The molecule has 0 bridgehead atoms. The van der Waals surface area contributed by atoms with E-state index in [2.05, 4.69) is 10.6 Å². The molecular formula is C17H23N3O3. The highest BCUT2D eigenvalue weighted by atomic mass is 16.5. The van der Waals surface area contributed by atoms with Crippen LogP contribution < -0.4 is 10.6 Å². The third kappa shape index (κ3) is 4.45. The number of nitrogens with zero attached hydrogens (tertiary/aromatic N) is 1. The summed E-state index contributed by atoms with van der Waals surface area (Å²) in [5.74, 6) is 0.0817. The molecule has 2 aliphatic rings. The SMILES string of the molecule is O=C(NCC1CCCO1)NC1CC(=O)N(Cc2ccccc2)C1. The van der Waals surface area contributed by atoms with Crippen molar-refractivity contribution >= 4 is 11.9 Å². The van der Waals surface area contributed by atoms with Crippen molar-refractivity contribution in [1.82, 2.24) is 15.5 Å². The Balaban J connectivity index is 1.42. The van der Waals surface area contributed by atoms with Gasteiger partial charge in [0.2, 0.25) is 5.91 Å². The second-order valence-corrected chi connectivity index (χ2v) is 6.15. The monoisotopic (exact) mass is 317 g/mol. The minimum Gasteiger partial charge on any atom is -0.376 e. The largest absolute Gasteiger partial charge is 0.376 e. The van der Waals surface area contributed by atoms with E-state index in [-0.39, 0.29) is 24.1 Å². The first-order chi connectivity index (χ1) is 11.2. The maximum absolute atomic E-state index is 12.1. The number of urea groups is 1. The fourth-order valence-electron chi connectivity index (χ4n) is 3.07. The molecule has 23 heavy (non-hydrogen) atoms. The summed E-state index contributed by atoms with van der Waals surface area (Å²) in [7, 11) is 0. The Hall–Kier alpha value is -2.08. The van der Waals surface area contributed by atoms with E-state index in [9.17, 15) is 9.59 Å². The van der Waals surface area contributed by atoms with E-state index in [4.69, 9.17) is 4.74 Å². The summed E-state index contributed by atoms with van der Waals surface area (Å²) in [5, 5.41) is 5.71. The lowest BCUT2D eigenvalue weighted by molar-refractivity contribution is -0.128. The molecule has 6 heteroatoms. The van der Waals surface area contributed by atoms with Crippen LogP contribution in [-0.2, 0) is 16.1 Å². The second kappa shape index (κ2) is 7.46. The van der Waals surface area contributed by atoms with Crippen LogP contribution in [0.1, 0.15) is 24.8 Å². The van der Waals surface area contributed by atoms with Gasteiger partial charge in [-0.15, -0.1) is 0 Å². The normalized spacial score (nSPS) is 24.0. The molecule has 1 aromatic carbocycles. The van der Waals surface area contributed by atoms with Crippen LogP contribution in [-0.4, -0.2) is 48.7 Å². The van der Waals surface area contributed by atoms with E-state index in [1.54, 1.807) is 4.90 Å². The molecule has 0 spiro atoms. The summed E-state index contributed by atoms with van der Waals surface area (Å²) in [4.78, 5) is 25.8.